The van der Waals surface area contributed by atoms with Crippen LogP contribution in [0.2, 0.25) is 0 Å². The van der Waals surface area contributed by atoms with E-state index in [1.54, 1.807) is 13.0 Å². The van der Waals surface area contributed by atoms with E-state index < -0.39 is 58.0 Å². The summed E-state index contributed by atoms with van der Waals surface area (Å²) >= 11 is 3.19. The van der Waals surface area contributed by atoms with Crippen LogP contribution in [0.5, 0.6) is 0 Å². The molecule has 32 heavy (non-hydrogen) atoms. The quantitative estimate of drug-likeness (QED) is 0.145. The number of fused-ring (bicyclic) bond motifs is 5. The van der Waals surface area contributed by atoms with E-state index in [1.165, 1.54) is 24.3 Å². The van der Waals surface area contributed by atoms with Crippen molar-refractivity contribution in [1.29, 1.82) is 0 Å². The lowest BCUT2D eigenvalue weighted by Gasteiger charge is -2.34. The van der Waals surface area contributed by atoms with Gasteiger partial charge in [-0.1, -0.05) is 6.08 Å². The Morgan fingerprint density at radius 2 is 1.75 bits per heavy atom. The summed E-state index contributed by atoms with van der Waals surface area (Å²) in [7, 11) is 0. The van der Waals surface area contributed by atoms with Crippen LogP contribution in [0.4, 0.5) is 11.4 Å². The predicted octanol–water partition coefficient (Wildman–Crippen LogP) is 2.01. The van der Waals surface area contributed by atoms with Crippen molar-refractivity contribution in [2.45, 2.75) is 38.3 Å². The number of hydrogen-bond donors (Lipinski definition) is 0. The van der Waals surface area contributed by atoms with Crippen LogP contribution in [-0.2, 0) is 33.4 Å². The van der Waals surface area contributed by atoms with Crippen LogP contribution < -0.4 is 4.90 Å². The average molecular weight is 509 g/mol. The van der Waals surface area contributed by atoms with Crippen LogP contribution in [0.15, 0.2) is 34.8 Å². The zero-order valence-electron chi connectivity index (χ0n) is 17.1. The van der Waals surface area contributed by atoms with Crippen molar-refractivity contribution in [1.82, 2.24) is 0 Å². The highest BCUT2D eigenvalue weighted by atomic mass is 79.9. The summed E-state index contributed by atoms with van der Waals surface area (Å²) < 4.78 is 16.6. The normalized spacial score (nSPS) is 30.1. The van der Waals surface area contributed by atoms with Gasteiger partial charge in [-0.05, 0) is 35.0 Å². The van der Waals surface area contributed by atoms with E-state index in [0.717, 1.165) is 18.7 Å². The topological polar surface area (TPSA) is 142 Å². The maximum absolute atomic E-state index is 13.5. The van der Waals surface area contributed by atoms with Gasteiger partial charge >= 0.3 is 11.9 Å². The van der Waals surface area contributed by atoms with Crippen molar-refractivity contribution >= 4 is 51.1 Å². The number of anilines is 1. The molecule has 1 aromatic carbocycles. The Bertz CT molecular complexity index is 1100. The molecule has 0 aromatic heterocycles. The average Bonchev–Trinajstić information content (AvgIpc) is 3.27. The smallest absolute Gasteiger partial charge is 0.305 e. The molecule has 4 atom stereocenters. The van der Waals surface area contributed by atoms with Gasteiger partial charge in [0.05, 0.1) is 28.0 Å². The van der Waals surface area contributed by atoms with Crippen LogP contribution in [0.1, 0.15) is 20.8 Å². The van der Waals surface area contributed by atoms with Crippen molar-refractivity contribution in [2.75, 3.05) is 4.90 Å². The van der Waals surface area contributed by atoms with Crippen molar-refractivity contribution in [2.24, 2.45) is 11.8 Å². The third kappa shape index (κ3) is 3.05. The molecule has 2 amide bonds. The van der Waals surface area contributed by atoms with Crippen molar-refractivity contribution in [3.05, 3.63) is 44.9 Å². The number of nitrogens with zero attached hydrogens (tertiary/aromatic N) is 2. The van der Waals surface area contributed by atoms with Crippen LogP contribution in [0.3, 0.4) is 0 Å². The predicted molar refractivity (Wildman–Crippen MR) is 109 cm³/mol. The van der Waals surface area contributed by atoms with Crippen molar-refractivity contribution < 1.29 is 38.3 Å². The van der Waals surface area contributed by atoms with Gasteiger partial charge in [-0.3, -0.25) is 29.3 Å². The second-order valence-corrected chi connectivity index (χ2v) is 8.74. The lowest BCUT2D eigenvalue weighted by molar-refractivity contribution is -0.384. The number of nitro groups is 1. The molecule has 4 rings (SSSR count). The number of carbonyl (C=O) groups excluding carboxylic acids is 4. The van der Waals surface area contributed by atoms with Crippen LogP contribution in [0, 0.1) is 22.0 Å². The van der Waals surface area contributed by atoms with Gasteiger partial charge in [-0.15, -0.1) is 0 Å². The maximum Gasteiger partial charge on any atom is 0.305 e. The second-order valence-electron chi connectivity index (χ2n) is 7.88. The standard InChI is InChI=1S/C20H17BrN2O9/c1-9(24)30-18(31-10(2)25)20-7-6-19(3,32-20)14-15(20)17(27)22(16(14)26)13-5-4-11(23(28)29)8-12(13)21/h4-8,14-15,18H,1-3H3/t14-,15+,19+,20-/m0/s1. The fraction of sp³-hybridized carbons (Fsp3) is 0.400. The molecular formula is C20H17BrN2O9. The second kappa shape index (κ2) is 7.20. The lowest BCUT2D eigenvalue weighted by Crippen LogP contribution is -2.52. The maximum atomic E-state index is 13.5. The molecule has 0 saturated carbocycles. The fourth-order valence-corrected chi connectivity index (χ4v) is 5.14. The van der Waals surface area contributed by atoms with E-state index in [2.05, 4.69) is 15.9 Å². The molecule has 3 heterocycles. The Labute approximate surface area is 189 Å². The molecule has 0 spiro atoms. The number of rotatable bonds is 5. The molecule has 2 saturated heterocycles. The molecule has 168 valence electrons. The molecule has 2 fully saturated rings. The Hall–Kier alpha value is -3.12. The summed E-state index contributed by atoms with van der Waals surface area (Å²) in [6, 6.07) is 3.65. The Kier molecular flexibility index (Phi) is 4.97. The minimum absolute atomic E-state index is 0.120. The van der Waals surface area contributed by atoms with E-state index >= 15 is 0 Å². The first-order chi connectivity index (χ1) is 14.9. The van der Waals surface area contributed by atoms with E-state index in [4.69, 9.17) is 14.2 Å². The number of carbonyl (C=O) groups is 4. The van der Waals surface area contributed by atoms with Crippen molar-refractivity contribution in [3.8, 4) is 0 Å². The first kappa shape index (κ1) is 22.1. The van der Waals surface area contributed by atoms with Gasteiger partial charge in [-0.25, -0.2) is 4.90 Å². The van der Waals surface area contributed by atoms with Gasteiger partial charge in [0.2, 0.25) is 11.8 Å². The molecule has 12 heteroatoms. The summed E-state index contributed by atoms with van der Waals surface area (Å²) in [6.45, 7) is 3.83. The first-order valence-electron chi connectivity index (χ1n) is 9.48. The monoisotopic (exact) mass is 508 g/mol. The number of benzene rings is 1. The molecule has 0 unspecified atom stereocenters. The van der Waals surface area contributed by atoms with E-state index in [9.17, 15) is 29.3 Å². The van der Waals surface area contributed by atoms with Crippen LogP contribution in [-0.4, -0.2) is 46.2 Å². The number of non-ortho nitro benzene ring substituents is 1. The molecule has 11 nitrogen and oxygen atoms in total. The molecule has 0 radical (unpaired) electrons. The number of halogens is 1. The number of imide groups is 1. The van der Waals surface area contributed by atoms with Gasteiger partial charge in [0.15, 0.2) is 5.60 Å². The molecule has 2 bridgehead atoms. The lowest BCUT2D eigenvalue weighted by atomic mass is 9.72. The van der Waals surface area contributed by atoms with Gasteiger partial charge in [0.1, 0.15) is 0 Å². The number of amides is 2. The number of nitro benzene ring substituents is 1. The third-order valence-electron chi connectivity index (χ3n) is 5.78. The SMILES string of the molecule is CC(=O)OC(OC(C)=O)[C@@]12C=C[C@@](C)(O1)[C@@H]1C(=O)N(c3ccc([N+](=O)[O-])cc3Br)C(=O)[C@@H]12. The van der Waals surface area contributed by atoms with Gasteiger partial charge in [0, 0.05) is 30.5 Å². The van der Waals surface area contributed by atoms with E-state index in [1.807, 2.05) is 0 Å². The Balaban J connectivity index is 1.79. The van der Waals surface area contributed by atoms with E-state index in [0.29, 0.717) is 0 Å². The highest BCUT2D eigenvalue weighted by molar-refractivity contribution is 9.10. The van der Waals surface area contributed by atoms with Crippen LogP contribution in [0.25, 0.3) is 0 Å². The number of esters is 2. The van der Waals surface area contributed by atoms with Crippen molar-refractivity contribution in [3.63, 3.8) is 0 Å². The largest absolute Gasteiger partial charge is 0.422 e. The summed E-state index contributed by atoms with van der Waals surface area (Å²) in [5, 5.41) is 11.0. The summed E-state index contributed by atoms with van der Waals surface area (Å²) in [4.78, 5) is 61.6. The van der Waals surface area contributed by atoms with Gasteiger partial charge in [0.25, 0.3) is 12.0 Å². The zero-order chi connectivity index (χ0) is 23.6. The molecule has 0 aliphatic carbocycles. The minimum atomic E-state index is -1.70. The highest BCUT2D eigenvalue weighted by Gasteiger charge is 2.76. The fourth-order valence-electron chi connectivity index (χ4n) is 4.59. The molecular weight excluding hydrogens is 492 g/mol. The summed E-state index contributed by atoms with van der Waals surface area (Å²) in [5.41, 5.74) is -3.03. The minimum Gasteiger partial charge on any atom is -0.422 e. The summed E-state index contributed by atoms with van der Waals surface area (Å²) in [5.74, 6) is -4.95. The number of hydrogen-bond acceptors (Lipinski definition) is 9. The number of ether oxygens (including phenoxy) is 3. The van der Waals surface area contributed by atoms with Gasteiger partial charge < -0.3 is 14.2 Å². The molecule has 1 aromatic rings. The molecule has 0 N–H and O–H groups in total. The first-order valence-corrected chi connectivity index (χ1v) is 10.3. The zero-order valence-corrected chi connectivity index (χ0v) is 18.7. The third-order valence-corrected chi connectivity index (χ3v) is 6.41. The Morgan fingerprint density at radius 3 is 2.28 bits per heavy atom. The summed E-state index contributed by atoms with van der Waals surface area (Å²) in [6.07, 6.45) is 1.46. The molecule has 3 aliphatic heterocycles. The van der Waals surface area contributed by atoms with Crippen LogP contribution >= 0.6 is 15.9 Å². The van der Waals surface area contributed by atoms with E-state index in [-0.39, 0.29) is 15.8 Å². The molecule has 3 aliphatic rings. The highest BCUT2D eigenvalue weighted by Crippen LogP contribution is 2.59. The van der Waals surface area contributed by atoms with Gasteiger partial charge in [-0.2, -0.15) is 0 Å². The Morgan fingerprint density at radius 1 is 1.16 bits per heavy atom.